The van der Waals surface area contributed by atoms with Crippen molar-refractivity contribution in [1.29, 1.82) is 0 Å². The lowest BCUT2D eigenvalue weighted by atomic mass is 9.96. The topological polar surface area (TPSA) is 46.3 Å². The molecule has 6 heteroatoms. The number of nitrogens with zero attached hydrogens (tertiary/aromatic N) is 2. The molecule has 4 nitrogen and oxygen atoms in total. The Bertz CT molecular complexity index is 897. The third-order valence-corrected chi connectivity index (χ3v) is 5.44. The first-order chi connectivity index (χ1) is 12.1. The van der Waals surface area contributed by atoms with Crippen molar-refractivity contribution in [3.05, 3.63) is 64.0 Å². The van der Waals surface area contributed by atoms with Gasteiger partial charge in [0, 0.05) is 19.0 Å². The van der Waals surface area contributed by atoms with Crippen LogP contribution in [0.25, 0.3) is 11.1 Å². The second kappa shape index (κ2) is 6.70. The molecule has 1 amide bonds. The Morgan fingerprint density at radius 1 is 1.08 bits per heavy atom. The Morgan fingerprint density at radius 2 is 1.84 bits per heavy atom. The van der Waals surface area contributed by atoms with Gasteiger partial charge < -0.3 is 9.32 Å². The van der Waals surface area contributed by atoms with Crippen LogP contribution in [0, 0.1) is 0 Å². The van der Waals surface area contributed by atoms with Crippen LogP contribution in [0.5, 0.6) is 0 Å². The van der Waals surface area contributed by atoms with E-state index in [0.29, 0.717) is 28.7 Å². The number of carbonyl (C=O) groups excluding carboxylic acids is 1. The van der Waals surface area contributed by atoms with Crippen LogP contribution in [0.4, 0.5) is 0 Å². The second-order valence-electron chi connectivity index (χ2n) is 6.19. The fraction of sp³-hybridized carbons (Fsp3) is 0.263. The maximum Gasteiger partial charge on any atom is 0.255 e. The molecule has 4 rings (SSSR count). The summed E-state index contributed by atoms with van der Waals surface area (Å²) in [5, 5.41) is 0.712. The third-order valence-electron chi connectivity index (χ3n) is 4.62. The number of oxazole rings is 1. The highest BCUT2D eigenvalue weighted by molar-refractivity contribution is 6.43. The van der Waals surface area contributed by atoms with E-state index in [4.69, 9.17) is 27.6 Å². The summed E-state index contributed by atoms with van der Waals surface area (Å²) < 4.78 is 5.87. The van der Waals surface area contributed by atoms with Crippen LogP contribution >= 0.6 is 23.2 Å². The maximum atomic E-state index is 12.7. The molecule has 0 saturated carbocycles. The molecule has 1 aliphatic rings. The first kappa shape index (κ1) is 16.4. The van der Waals surface area contributed by atoms with Crippen LogP contribution in [0.1, 0.15) is 35.0 Å². The van der Waals surface area contributed by atoms with Gasteiger partial charge in [-0.2, -0.15) is 0 Å². The molecule has 1 aliphatic heterocycles. The Hall–Kier alpha value is -2.04. The minimum atomic E-state index is -0.0801. The number of piperidine rings is 1. The number of amides is 1. The van der Waals surface area contributed by atoms with Crippen molar-refractivity contribution in [3.63, 3.8) is 0 Å². The van der Waals surface area contributed by atoms with Gasteiger partial charge in [-0.3, -0.25) is 4.79 Å². The van der Waals surface area contributed by atoms with Crippen LogP contribution in [0.15, 0.2) is 46.9 Å². The fourth-order valence-electron chi connectivity index (χ4n) is 3.23. The predicted molar refractivity (Wildman–Crippen MR) is 98.3 cm³/mol. The van der Waals surface area contributed by atoms with Gasteiger partial charge >= 0.3 is 0 Å². The molecular formula is C19H16Cl2N2O2. The molecule has 0 spiro atoms. The van der Waals surface area contributed by atoms with E-state index in [1.807, 2.05) is 29.2 Å². The summed E-state index contributed by atoms with van der Waals surface area (Å²) in [6.07, 6.45) is 1.63. The molecule has 128 valence electrons. The van der Waals surface area contributed by atoms with E-state index >= 15 is 0 Å². The highest BCUT2D eigenvalue weighted by Crippen LogP contribution is 2.32. The number of rotatable bonds is 2. The molecule has 0 unspecified atom stereocenters. The predicted octanol–water partition coefficient (Wildman–Crippen LogP) is 5.15. The molecule has 25 heavy (non-hydrogen) atoms. The zero-order valence-corrected chi connectivity index (χ0v) is 14.9. The number of para-hydroxylation sites is 2. The smallest absolute Gasteiger partial charge is 0.255 e. The molecule has 1 aromatic heterocycles. The Morgan fingerprint density at radius 3 is 2.60 bits per heavy atom. The first-order valence-electron chi connectivity index (χ1n) is 8.22. The molecule has 0 aliphatic carbocycles. The normalized spacial score (nSPS) is 15.7. The van der Waals surface area contributed by atoms with E-state index in [-0.39, 0.29) is 11.8 Å². The fourth-order valence-corrected chi connectivity index (χ4v) is 3.61. The summed E-state index contributed by atoms with van der Waals surface area (Å²) in [5.41, 5.74) is 2.14. The van der Waals surface area contributed by atoms with Crippen molar-refractivity contribution in [3.8, 4) is 0 Å². The first-order valence-corrected chi connectivity index (χ1v) is 8.98. The molecule has 0 N–H and O–H groups in total. The van der Waals surface area contributed by atoms with Crippen LogP contribution in [-0.2, 0) is 0 Å². The summed E-state index contributed by atoms with van der Waals surface area (Å²) in [6, 6.07) is 12.9. The molecule has 1 saturated heterocycles. The highest BCUT2D eigenvalue weighted by atomic mass is 35.5. The van der Waals surface area contributed by atoms with Gasteiger partial charge in [0.25, 0.3) is 5.91 Å². The lowest BCUT2D eigenvalue weighted by Gasteiger charge is -2.31. The third kappa shape index (κ3) is 3.12. The number of benzene rings is 2. The molecular weight excluding hydrogens is 359 g/mol. The molecule has 0 radical (unpaired) electrons. The minimum absolute atomic E-state index is 0.0801. The Labute approximate surface area is 155 Å². The van der Waals surface area contributed by atoms with E-state index < -0.39 is 0 Å². The Balaban J connectivity index is 1.47. The van der Waals surface area contributed by atoms with Gasteiger partial charge in [0.2, 0.25) is 0 Å². The summed E-state index contributed by atoms with van der Waals surface area (Å²) in [6.45, 7) is 1.29. The lowest BCUT2D eigenvalue weighted by molar-refractivity contribution is 0.0707. The number of halogens is 2. The van der Waals surface area contributed by atoms with Gasteiger partial charge in [-0.25, -0.2) is 4.98 Å². The number of likely N-dealkylation sites (tertiary alicyclic amines) is 1. The second-order valence-corrected chi connectivity index (χ2v) is 6.97. The SMILES string of the molecule is O=C(c1cccc(Cl)c1Cl)N1CCC(c2nc3ccccc3o2)CC1. The van der Waals surface area contributed by atoms with Crippen LogP contribution in [0.2, 0.25) is 10.0 Å². The van der Waals surface area contributed by atoms with Crippen molar-refractivity contribution in [2.24, 2.45) is 0 Å². The van der Waals surface area contributed by atoms with Crippen LogP contribution < -0.4 is 0 Å². The van der Waals surface area contributed by atoms with E-state index in [1.165, 1.54) is 0 Å². The molecule has 2 heterocycles. The minimum Gasteiger partial charge on any atom is -0.440 e. The molecule has 0 atom stereocenters. The molecule has 3 aromatic rings. The zero-order valence-electron chi connectivity index (χ0n) is 13.4. The quantitative estimate of drug-likeness (QED) is 0.622. The summed E-state index contributed by atoms with van der Waals surface area (Å²) >= 11 is 12.2. The van der Waals surface area contributed by atoms with Gasteiger partial charge in [0.15, 0.2) is 11.5 Å². The van der Waals surface area contributed by atoms with E-state index in [1.54, 1.807) is 18.2 Å². The van der Waals surface area contributed by atoms with Crippen molar-refractivity contribution >= 4 is 40.2 Å². The Kier molecular flexibility index (Phi) is 4.40. The largest absolute Gasteiger partial charge is 0.440 e. The van der Waals surface area contributed by atoms with Crippen molar-refractivity contribution in [2.45, 2.75) is 18.8 Å². The van der Waals surface area contributed by atoms with Gasteiger partial charge in [0.05, 0.1) is 15.6 Å². The highest BCUT2D eigenvalue weighted by Gasteiger charge is 2.28. The average molecular weight is 375 g/mol. The van der Waals surface area contributed by atoms with E-state index in [2.05, 4.69) is 4.98 Å². The van der Waals surface area contributed by atoms with Gasteiger partial charge in [0.1, 0.15) is 5.52 Å². The maximum absolute atomic E-state index is 12.7. The average Bonchev–Trinajstić information content (AvgIpc) is 3.08. The van der Waals surface area contributed by atoms with Crippen molar-refractivity contribution < 1.29 is 9.21 Å². The summed E-state index contributed by atoms with van der Waals surface area (Å²) in [7, 11) is 0. The van der Waals surface area contributed by atoms with Gasteiger partial charge in [-0.15, -0.1) is 0 Å². The van der Waals surface area contributed by atoms with Gasteiger partial charge in [-0.05, 0) is 37.1 Å². The van der Waals surface area contributed by atoms with E-state index in [0.717, 1.165) is 29.8 Å². The lowest BCUT2D eigenvalue weighted by Crippen LogP contribution is -2.38. The molecule has 2 aromatic carbocycles. The van der Waals surface area contributed by atoms with Crippen LogP contribution in [0.3, 0.4) is 0 Å². The number of hydrogen-bond acceptors (Lipinski definition) is 3. The number of carbonyl (C=O) groups is 1. The van der Waals surface area contributed by atoms with E-state index in [9.17, 15) is 4.79 Å². The number of aromatic nitrogens is 1. The number of hydrogen-bond donors (Lipinski definition) is 0. The van der Waals surface area contributed by atoms with Crippen molar-refractivity contribution in [2.75, 3.05) is 13.1 Å². The number of fused-ring (bicyclic) bond motifs is 1. The summed E-state index contributed by atoms with van der Waals surface area (Å²) in [5.74, 6) is 0.906. The molecule has 1 fully saturated rings. The van der Waals surface area contributed by atoms with Crippen molar-refractivity contribution in [1.82, 2.24) is 9.88 Å². The summed E-state index contributed by atoms with van der Waals surface area (Å²) in [4.78, 5) is 19.1. The van der Waals surface area contributed by atoms with Gasteiger partial charge in [-0.1, -0.05) is 41.4 Å². The monoisotopic (exact) mass is 374 g/mol. The van der Waals surface area contributed by atoms with Crippen LogP contribution in [-0.4, -0.2) is 28.9 Å². The molecule has 0 bridgehead atoms. The zero-order chi connectivity index (χ0) is 17.4. The standard InChI is InChI=1S/C19H16Cl2N2O2/c20-14-5-3-4-13(17(14)21)19(24)23-10-8-12(9-11-23)18-22-15-6-1-2-7-16(15)25-18/h1-7,12H,8-11H2.